The van der Waals surface area contributed by atoms with Crippen molar-refractivity contribution in [1.29, 1.82) is 0 Å². The number of hydrogen-bond acceptors (Lipinski definition) is 6. The van der Waals surface area contributed by atoms with E-state index in [1.165, 1.54) is 12.8 Å². The van der Waals surface area contributed by atoms with E-state index in [1.54, 1.807) is 6.20 Å². The van der Waals surface area contributed by atoms with Gasteiger partial charge < -0.3 is 15.1 Å². The van der Waals surface area contributed by atoms with Crippen molar-refractivity contribution < 1.29 is 9.21 Å². The summed E-state index contributed by atoms with van der Waals surface area (Å²) >= 11 is 0. The molecule has 27 heavy (non-hydrogen) atoms. The number of amides is 1. The smallest absolute Gasteiger partial charge is 0.251 e. The van der Waals surface area contributed by atoms with Gasteiger partial charge in [-0.25, -0.2) is 4.98 Å². The average Bonchev–Trinajstić information content (AvgIpc) is 3.26. The minimum atomic E-state index is -0.754. The summed E-state index contributed by atoms with van der Waals surface area (Å²) in [6, 6.07) is 4.18. The molecule has 0 aromatic carbocycles. The highest BCUT2D eigenvalue weighted by atomic mass is 16.4. The Balaban J connectivity index is 1.56. The molecular weight excluding hydrogens is 342 g/mol. The minimum Gasteiger partial charge on any atom is -0.419 e. The Morgan fingerprint density at radius 3 is 2.67 bits per heavy atom. The summed E-state index contributed by atoms with van der Waals surface area (Å²) in [5.74, 6) is 1.46. The Bertz CT molecular complexity index is 836. The monoisotopic (exact) mass is 369 g/mol. The highest BCUT2D eigenvalue weighted by Gasteiger charge is 2.44. The standard InChI is InChI=1S/C20H27N5O2/c1-19(2)8-6-13(7-9-19)23-15-14(5-4-11-21-15)16-24-25-18(27-16)20(3)10-12-22-17(20)26/h4-5,11,13H,6-10,12H2,1-3H3,(H,21,23)(H,22,26)/t20-/m1/s1. The molecule has 1 aliphatic carbocycles. The fourth-order valence-corrected chi connectivity index (χ4v) is 3.92. The van der Waals surface area contributed by atoms with Crippen LogP contribution in [0.1, 0.15) is 58.8 Å². The second-order valence-electron chi connectivity index (χ2n) is 8.73. The number of pyridine rings is 1. The van der Waals surface area contributed by atoms with Crippen molar-refractivity contribution in [2.24, 2.45) is 5.41 Å². The molecule has 4 rings (SSSR count). The molecule has 3 heterocycles. The van der Waals surface area contributed by atoms with Crippen LogP contribution in [0.25, 0.3) is 11.5 Å². The van der Waals surface area contributed by atoms with Crippen LogP contribution in [0.15, 0.2) is 22.7 Å². The van der Waals surface area contributed by atoms with Crippen molar-refractivity contribution in [3.8, 4) is 11.5 Å². The Morgan fingerprint density at radius 2 is 1.96 bits per heavy atom. The molecule has 7 nitrogen and oxygen atoms in total. The highest BCUT2D eigenvalue weighted by Crippen LogP contribution is 2.37. The summed E-state index contributed by atoms with van der Waals surface area (Å²) < 4.78 is 5.93. The molecular formula is C20H27N5O2. The van der Waals surface area contributed by atoms with Crippen LogP contribution in [-0.4, -0.2) is 33.7 Å². The van der Waals surface area contributed by atoms with Gasteiger partial charge in [0.05, 0.1) is 5.56 Å². The molecule has 1 saturated heterocycles. The minimum absolute atomic E-state index is 0.0629. The molecule has 1 amide bonds. The summed E-state index contributed by atoms with van der Waals surface area (Å²) in [6.07, 6.45) is 7.06. The Morgan fingerprint density at radius 1 is 1.19 bits per heavy atom. The van der Waals surface area contributed by atoms with Gasteiger partial charge in [0, 0.05) is 18.8 Å². The molecule has 144 valence electrons. The lowest BCUT2D eigenvalue weighted by Crippen LogP contribution is -2.32. The first-order valence-corrected chi connectivity index (χ1v) is 9.72. The van der Waals surface area contributed by atoms with Crippen LogP contribution in [0.4, 0.5) is 5.82 Å². The zero-order valence-electron chi connectivity index (χ0n) is 16.2. The maximum absolute atomic E-state index is 12.2. The Hall–Kier alpha value is -2.44. The van der Waals surface area contributed by atoms with Gasteiger partial charge in [0.2, 0.25) is 11.8 Å². The molecule has 0 unspecified atom stereocenters. The molecule has 0 spiro atoms. The molecule has 2 aromatic rings. The van der Waals surface area contributed by atoms with Crippen molar-refractivity contribution in [1.82, 2.24) is 20.5 Å². The van der Waals surface area contributed by atoms with E-state index in [0.717, 1.165) is 24.2 Å². The van der Waals surface area contributed by atoms with Gasteiger partial charge in [0.25, 0.3) is 5.89 Å². The number of aromatic nitrogens is 3. The van der Waals surface area contributed by atoms with E-state index in [4.69, 9.17) is 4.42 Å². The van der Waals surface area contributed by atoms with Gasteiger partial charge in [-0.3, -0.25) is 4.79 Å². The van der Waals surface area contributed by atoms with E-state index < -0.39 is 5.41 Å². The molecule has 2 fully saturated rings. The molecule has 1 saturated carbocycles. The van der Waals surface area contributed by atoms with Gasteiger partial charge in [0.1, 0.15) is 11.2 Å². The quantitative estimate of drug-likeness (QED) is 0.859. The van der Waals surface area contributed by atoms with Crippen LogP contribution in [0.2, 0.25) is 0 Å². The van der Waals surface area contributed by atoms with Crippen LogP contribution in [0.3, 0.4) is 0 Å². The predicted octanol–water partition coefficient (Wildman–Crippen LogP) is 3.29. The molecule has 2 aromatic heterocycles. The van der Waals surface area contributed by atoms with E-state index in [2.05, 4.69) is 39.7 Å². The highest BCUT2D eigenvalue weighted by molar-refractivity contribution is 5.88. The van der Waals surface area contributed by atoms with Crippen molar-refractivity contribution >= 4 is 11.7 Å². The largest absolute Gasteiger partial charge is 0.419 e. The van der Waals surface area contributed by atoms with Crippen LogP contribution in [-0.2, 0) is 10.2 Å². The van der Waals surface area contributed by atoms with E-state index >= 15 is 0 Å². The van der Waals surface area contributed by atoms with Crippen LogP contribution in [0.5, 0.6) is 0 Å². The van der Waals surface area contributed by atoms with Gasteiger partial charge >= 0.3 is 0 Å². The molecule has 2 N–H and O–H groups in total. The lowest BCUT2D eigenvalue weighted by Gasteiger charge is -2.35. The molecule has 1 aliphatic heterocycles. The van der Waals surface area contributed by atoms with Gasteiger partial charge in [-0.05, 0) is 56.6 Å². The second-order valence-corrected chi connectivity index (χ2v) is 8.73. The Kier molecular flexibility index (Phi) is 4.40. The number of rotatable bonds is 4. The number of hydrogen-bond donors (Lipinski definition) is 2. The maximum Gasteiger partial charge on any atom is 0.251 e. The van der Waals surface area contributed by atoms with E-state index in [0.29, 0.717) is 36.2 Å². The number of anilines is 1. The SMILES string of the molecule is CC1(C)CCC(Nc2ncccc2-c2nnc([C@]3(C)CCNC3=O)o2)CC1. The van der Waals surface area contributed by atoms with Crippen molar-refractivity contribution in [3.63, 3.8) is 0 Å². The van der Waals surface area contributed by atoms with Gasteiger partial charge in [0.15, 0.2) is 0 Å². The van der Waals surface area contributed by atoms with Crippen molar-refractivity contribution in [2.45, 2.75) is 64.3 Å². The third kappa shape index (κ3) is 3.42. The summed E-state index contributed by atoms with van der Waals surface area (Å²) in [5.41, 5.74) is 0.447. The summed E-state index contributed by atoms with van der Waals surface area (Å²) in [5, 5.41) is 14.8. The van der Waals surface area contributed by atoms with E-state index in [-0.39, 0.29) is 5.91 Å². The van der Waals surface area contributed by atoms with Gasteiger partial charge in [-0.15, -0.1) is 10.2 Å². The van der Waals surface area contributed by atoms with Gasteiger partial charge in [-0.1, -0.05) is 13.8 Å². The lowest BCUT2D eigenvalue weighted by molar-refractivity contribution is -0.124. The number of carbonyl (C=O) groups excluding carboxylic acids is 1. The molecule has 1 atom stereocenters. The van der Waals surface area contributed by atoms with E-state index in [1.807, 2.05) is 19.1 Å². The van der Waals surface area contributed by atoms with Gasteiger partial charge in [-0.2, -0.15) is 0 Å². The Labute approximate surface area is 159 Å². The predicted molar refractivity (Wildman–Crippen MR) is 102 cm³/mol. The molecule has 7 heteroatoms. The molecule has 2 aliphatic rings. The normalized spacial score (nSPS) is 25.4. The molecule has 0 radical (unpaired) electrons. The zero-order valence-corrected chi connectivity index (χ0v) is 16.2. The van der Waals surface area contributed by atoms with Crippen LogP contribution >= 0.6 is 0 Å². The number of carbonyl (C=O) groups is 1. The second kappa shape index (κ2) is 6.62. The number of nitrogens with one attached hydrogen (secondary N) is 2. The fraction of sp³-hybridized carbons (Fsp3) is 0.600. The van der Waals surface area contributed by atoms with Crippen LogP contribution < -0.4 is 10.6 Å². The first-order chi connectivity index (χ1) is 12.9. The fourth-order valence-electron chi connectivity index (χ4n) is 3.92. The third-order valence-corrected chi connectivity index (χ3v) is 6.03. The first kappa shape index (κ1) is 17.9. The lowest BCUT2D eigenvalue weighted by atomic mass is 9.75. The topological polar surface area (TPSA) is 92.9 Å². The zero-order chi connectivity index (χ0) is 19.1. The first-order valence-electron chi connectivity index (χ1n) is 9.72. The van der Waals surface area contributed by atoms with Crippen LogP contribution in [0, 0.1) is 5.41 Å². The summed E-state index contributed by atoms with van der Waals surface area (Å²) in [7, 11) is 0. The average molecular weight is 369 g/mol. The van der Waals surface area contributed by atoms with Crippen molar-refractivity contribution in [2.75, 3.05) is 11.9 Å². The molecule has 0 bridgehead atoms. The summed E-state index contributed by atoms with van der Waals surface area (Å²) in [4.78, 5) is 16.7. The number of nitrogens with zero attached hydrogens (tertiary/aromatic N) is 3. The van der Waals surface area contributed by atoms with Crippen molar-refractivity contribution in [3.05, 3.63) is 24.2 Å². The maximum atomic E-state index is 12.2. The summed E-state index contributed by atoms with van der Waals surface area (Å²) in [6.45, 7) is 7.13. The van der Waals surface area contributed by atoms with E-state index in [9.17, 15) is 4.79 Å². The third-order valence-electron chi connectivity index (χ3n) is 6.03.